The van der Waals surface area contributed by atoms with Gasteiger partial charge in [0, 0.05) is 50.0 Å². The summed E-state index contributed by atoms with van der Waals surface area (Å²) in [7, 11) is -1.45. The Morgan fingerprint density at radius 3 is 2.63 bits per heavy atom. The van der Waals surface area contributed by atoms with E-state index in [1.807, 2.05) is 37.3 Å². The number of hydrogen-bond acceptors (Lipinski definition) is 7. The number of nitrogens with zero attached hydrogens (tertiary/aromatic N) is 4. The molecule has 5 aromatic rings. The minimum absolute atomic E-state index is 0.0663. The predicted molar refractivity (Wildman–Crippen MR) is 215 cm³/mol. The maximum atomic E-state index is 14.5. The van der Waals surface area contributed by atoms with Crippen molar-refractivity contribution in [1.29, 1.82) is 0 Å². The second-order valence-corrected chi connectivity index (χ2v) is 15.8. The van der Waals surface area contributed by atoms with E-state index in [0.717, 1.165) is 123 Å². The van der Waals surface area contributed by atoms with Crippen LogP contribution in [-0.4, -0.2) is 69.9 Å². The standard InChI is InChI=1S/C43H52FN5O4S/c1-3-5-20-51-23-24-53-36-11-8-32(9-12-36)33-10-15-40-35(25-33)26-34(7-6-19-48(40)28-31-16-21-52-22-17-31)43-46-38-14-13-37(27-39(38)47-43)54(50)29-41-42(44)45-30-49(41)18-4-2/h8-15,25-27,30-31H,3-7,16-24,28-29H2,1-2H3,(H,46,47)/b34-26+/t54-/m0/s1. The number of halogens is 1. The quantitative estimate of drug-likeness (QED) is 0.101. The first kappa shape index (κ1) is 38.0. The van der Waals surface area contributed by atoms with Gasteiger partial charge in [0.05, 0.1) is 46.2 Å². The normalized spacial score (nSPS) is 16.8. The highest BCUT2D eigenvalue weighted by Gasteiger charge is 2.23. The highest BCUT2D eigenvalue weighted by atomic mass is 32.2. The van der Waals surface area contributed by atoms with E-state index >= 15 is 0 Å². The van der Waals surface area contributed by atoms with Gasteiger partial charge in [-0.2, -0.15) is 4.39 Å². The highest BCUT2D eigenvalue weighted by Crippen LogP contribution is 2.36. The highest BCUT2D eigenvalue weighted by molar-refractivity contribution is 7.84. The Labute approximate surface area is 320 Å². The van der Waals surface area contributed by atoms with Gasteiger partial charge in [-0.3, -0.25) is 4.21 Å². The molecular formula is C43H52FN5O4S. The van der Waals surface area contributed by atoms with Gasteiger partial charge in [0.15, 0.2) is 0 Å². The monoisotopic (exact) mass is 753 g/mol. The van der Waals surface area contributed by atoms with E-state index in [4.69, 9.17) is 19.2 Å². The van der Waals surface area contributed by atoms with Crippen LogP contribution >= 0.6 is 0 Å². The van der Waals surface area contributed by atoms with Crippen molar-refractivity contribution in [3.8, 4) is 16.9 Å². The molecule has 2 aliphatic rings. The number of aromatic amines is 1. The molecule has 0 aliphatic carbocycles. The number of fused-ring (bicyclic) bond motifs is 2. The van der Waals surface area contributed by atoms with E-state index in [-0.39, 0.29) is 5.75 Å². The summed E-state index contributed by atoms with van der Waals surface area (Å²) in [5.74, 6) is 1.77. The number of anilines is 1. The van der Waals surface area contributed by atoms with Gasteiger partial charge in [-0.05, 0) is 115 Å². The molecule has 1 atom stereocenters. The van der Waals surface area contributed by atoms with Crippen LogP contribution < -0.4 is 9.64 Å². The molecule has 3 aromatic carbocycles. The fraction of sp³-hybridized carbons (Fsp3) is 0.442. The summed E-state index contributed by atoms with van der Waals surface area (Å²) >= 11 is 0. The minimum atomic E-state index is -1.45. The average Bonchev–Trinajstić information content (AvgIpc) is 3.77. The molecule has 1 N–H and O–H groups in total. The van der Waals surface area contributed by atoms with Crippen molar-refractivity contribution < 1.29 is 22.8 Å². The van der Waals surface area contributed by atoms with Crippen LogP contribution in [0.1, 0.15) is 75.9 Å². The summed E-state index contributed by atoms with van der Waals surface area (Å²) in [5, 5.41) is 0. The molecule has 1 fully saturated rings. The summed E-state index contributed by atoms with van der Waals surface area (Å²) in [6, 6.07) is 20.7. The molecule has 286 valence electrons. The fourth-order valence-corrected chi connectivity index (χ4v) is 8.52. The van der Waals surface area contributed by atoms with Gasteiger partial charge in [-0.25, -0.2) is 9.97 Å². The number of hydrogen-bond donors (Lipinski definition) is 1. The minimum Gasteiger partial charge on any atom is -0.491 e. The lowest BCUT2D eigenvalue weighted by molar-refractivity contribution is 0.0682. The van der Waals surface area contributed by atoms with Crippen molar-refractivity contribution in [3.63, 3.8) is 0 Å². The molecule has 0 spiro atoms. The van der Waals surface area contributed by atoms with E-state index < -0.39 is 16.7 Å². The predicted octanol–water partition coefficient (Wildman–Crippen LogP) is 9.05. The van der Waals surface area contributed by atoms with Gasteiger partial charge in [-0.1, -0.05) is 38.5 Å². The van der Waals surface area contributed by atoms with E-state index in [9.17, 15) is 8.60 Å². The number of aromatic nitrogens is 4. The van der Waals surface area contributed by atoms with Crippen molar-refractivity contribution in [1.82, 2.24) is 19.5 Å². The zero-order chi connectivity index (χ0) is 37.3. The lowest BCUT2D eigenvalue weighted by atomic mass is 9.94. The SMILES string of the molecule is CCCCOCCOc1ccc(-c2ccc3c(c2)/C=C(/c2nc4ccc([S@@](=O)Cc5c(F)ncn5CCC)cc4[nH]2)CCCN3CC2CCOCC2)cc1. The molecule has 2 aliphatic heterocycles. The van der Waals surface area contributed by atoms with Gasteiger partial charge >= 0.3 is 0 Å². The summed E-state index contributed by atoms with van der Waals surface area (Å²) in [5.41, 5.74) is 7.77. The van der Waals surface area contributed by atoms with Crippen LogP contribution in [0.4, 0.5) is 10.1 Å². The molecule has 0 radical (unpaired) electrons. The van der Waals surface area contributed by atoms with Crippen molar-refractivity contribution in [3.05, 3.63) is 90.0 Å². The number of rotatable bonds is 16. The molecule has 4 heterocycles. The van der Waals surface area contributed by atoms with Crippen LogP contribution in [0.5, 0.6) is 5.75 Å². The van der Waals surface area contributed by atoms with E-state index in [1.165, 1.54) is 12.0 Å². The Kier molecular flexibility index (Phi) is 12.9. The number of benzene rings is 3. The van der Waals surface area contributed by atoms with E-state index in [0.29, 0.717) is 36.3 Å². The molecule has 0 amide bonds. The Bertz CT molecular complexity index is 2050. The number of nitrogens with one attached hydrogen (secondary N) is 1. The Balaban J connectivity index is 1.15. The molecule has 0 saturated carbocycles. The first-order valence-corrected chi connectivity index (χ1v) is 20.9. The number of ether oxygens (including phenoxy) is 3. The third-order valence-corrected chi connectivity index (χ3v) is 11.7. The van der Waals surface area contributed by atoms with Crippen LogP contribution in [-0.2, 0) is 32.6 Å². The topological polar surface area (TPSA) is 94.5 Å². The number of unbranched alkanes of at least 4 members (excludes halogenated alkanes) is 1. The van der Waals surface area contributed by atoms with Crippen molar-refractivity contribution >= 4 is 39.2 Å². The van der Waals surface area contributed by atoms with Gasteiger partial charge < -0.3 is 28.7 Å². The second kappa shape index (κ2) is 18.3. The first-order chi connectivity index (χ1) is 26.5. The lowest BCUT2D eigenvalue weighted by Gasteiger charge is -2.33. The molecule has 1 saturated heterocycles. The van der Waals surface area contributed by atoms with Gasteiger partial charge in [-0.15, -0.1) is 0 Å². The van der Waals surface area contributed by atoms with Crippen LogP contribution in [0.15, 0.2) is 71.9 Å². The second-order valence-electron chi connectivity index (χ2n) is 14.3. The Morgan fingerprint density at radius 2 is 1.81 bits per heavy atom. The van der Waals surface area contributed by atoms with Crippen molar-refractivity contribution in [2.45, 2.75) is 76.0 Å². The summed E-state index contributed by atoms with van der Waals surface area (Å²) in [6.45, 7) is 10.3. The maximum absolute atomic E-state index is 14.5. The van der Waals surface area contributed by atoms with Crippen LogP contribution in [0.25, 0.3) is 33.8 Å². The summed E-state index contributed by atoms with van der Waals surface area (Å²) in [4.78, 5) is 15.6. The van der Waals surface area contributed by atoms with E-state index in [2.05, 4.69) is 58.2 Å². The smallest absolute Gasteiger partial charge is 0.234 e. The Hall–Kier alpha value is -4.32. The first-order valence-electron chi connectivity index (χ1n) is 19.5. The summed E-state index contributed by atoms with van der Waals surface area (Å²) < 4.78 is 47.0. The molecule has 54 heavy (non-hydrogen) atoms. The van der Waals surface area contributed by atoms with Crippen LogP contribution in [0, 0.1) is 11.9 Å². The van der Waals surface area contributed by atoms with Crippen molar-refractivity contribution in [2.75, 3.05) is 51.0 Å². The molecule has 9 nitrogen and oxygen atoms in total. The maximum Gasteiger partial charge on any atom is 0.234 e. The number of aryl methyl sites for hydroxylation is 1. The Morgan fingerprint density at radius 1 is 0.981 bits per heavy atom. The third-order valence-electron chi connectivity index (χ3n) is 10.4. The van der Waals surface area contributed by atoms with Crippen LogP contribution in [0.3, 0.4) is 0 Å². The average molecular weight is 754 g/mol. The van der Waals surface area contributed by atoms with Crippen molar-refractivity contribution in [2.24, 2.45) is 5.92 Å². The molecular weight excluding hydrogens is 702 g/mol. The zero-order valence-electron chi connectivity index (χ0n) is 31.5. The van der Waals surface area contributed by atoms with Gasteiger partial charge in [0.2, 0.25) is 5.95 Å². The summed E-state index contributed by atoms with van der Waals surface area (Å²) in [6.07, 6.45) is 10.8. The van der Waals surface area contributed by atoms with Gasteiger partial charge in [0.25, 0.3) is 0 Å². The lowest BCUT2D eigenvalue weighted by Crippen LogP contribution is -2.34. The molecule has 0 unspecified atom stereocenters. The number of H-pyrrole nitrogens is 1. The number of imidazole rings is 2. The molecule has 7 rings (SSSR count). The van der Waals surface area contributed by atoms with Crippen LogP contribution in [0.2, 0.25) is 0 Å². The van der Waals surface area contributed by atoms with E-state index in [1.54, 1.807) is 4.57 Å². The number of allylic oxidation sites excluding steroid dienone is 1. The molecule has 0 bridgehead atoms. The van der Waals surface area contributed by atoms with Gasteiger partial charge in [0.1, 0.15) is 18.2 Å². The third kappa shape index (κ3) is 9.30. The molecule has 2 aromatic heterocycles. The molecule has 11 heteroatoms. The largest absolute Gasteiger partial charge is 0.491 e. The zero-order valence-corrected chi connectivity index (χ0v) is 32.3. The fourth-order valence-electron chi connectivity index (χ4n) is 7.36.